The van der Waals surface area contributed by atoms with E-state index in [0.29, 0.717) is 17.9 Å². The number of pyridine rings is 1. The van der Waals surface area contributed by atoms with Gasteiger partial charge in [0.1, 0.15) is 18.1 Å². The van der Waals surface area contributed by atoms with Crippen molar-refractivity contribution >= 4 is 0 Å². The molecule has 0 aliphatic rings. The number of phenols is 1. The van der Waals surface area contributed by atoms with Crippen LogP contribution in [0.2, 0.25) is 0 Å². The lowest BCUT2D eigenvalue weighted by Crippen LogP contribution is -2.08. The fraction of sp³-hybridized carbons (Fsp3) is 0.300. The third-order valence-corrected chi connectivity index (χ3v) is 4.07. The molecule has 0 aliphatic carbocycles. The molecule has 0 fully saturated rings. The molecule has 3 aromatic rings. The highest BCUT2D eigenvalue weighted by Gasteiger charge is 2.15. The van der Waals surface area contributed by atoms with Gasteiger partial charge in [0.25, 0.3) is 0 Å². The van der Waals surface area contributed by atoms with Crippen LogP contribution in [-0.2, 0) is 18.0 Å². The Morgan fingerprint density at radius 3 is 2.69 bits per heavy atom. The van der Waals surface area contributed by atoms with Crippen molar-refractivity contribution < 1.29 is 14.6 Å². The van der Waals surface area contributed by atoms with E-state index in [-0.39, 0.29) is 18.4 Å². The second-order valence-electron chi connectivity index (χ2n) is 6.24. The summed E-state index contributed by atoms with van der Waals surface area (Å²) in [5, 5.41) is 14.4. The molecule has 1 aromatic carbocycles. The van der Waals surface area contributed by atoms with E-state index in [0.717, 1.165) is 17.0 Å². The maximum Gasteiger partial charge on any atom is 0.129 e. The highest BCUT2D eigenvalue weighted by Crippen LogP contribution is 2.30. The van der Waals surface area contributed by atoms with Crippen LogP contribution < -0.4 is 4.74 Å². The van der Waals surface area contributed by atoms with Gasteiger partial charge in [-0.2, -0.15) is 5.10 Å². The molecule has 136 valence electrons. The van der Waals surface area contributed by atoms with Gasteiger partial charge in [0, 0.05) is 31.1 Å². The van der Waals surface area contributed by atoms with Crippen LogP contribution in [0.15, 0.2) is 48.8 Å². The normalized spacial score (nSPS) is 11.1. The summed E-state index contributed by atoms with van der Waals surface area (Å²) in [7, 11) is 1.59. The predicted molar refractivity (Wildman–Crippen MR) is 99.0 cm³/mol. The standard InChI is InChI=1S/C20H23N3O3/c1-14(2)23-17(9-11-22-23)20-15(6-5-10-21-20)12-26-19-8-4-7-18(24)16(19)13-25-3/h4-11,14,24H,12-13H2,1-3H3. The van der Waals surface area contributed by atoms with Crippen molar-refractivity contribution in [2.75, 3.05) is 7.11 Å². The minimum absolute atomic E-state index is 0.161. The zero-order valence-corrected chi connectivity index (χ0v) is 15.2. The van der Waals surface area contributed by atoms with Crippen molar-refractivity contribution in [3.8, 4) is 22.9 Å². The summed E-state index contributed by atoms with van der Waals surface area (Å²) in [6.07, 6.45) is 3.54. The van der Waals surface area contributed by atoms with Gasteiger partial charge in [-0.25, -0.2) is 0 Å². The second kappa shape index (κ2) is 8.01. The van der Waals surface area contributed by atoms with Crippen molar-refractivity contribution in [3.05, 3.63) is 59.9 Å². The van der Waals surface area contributed by atoms with Crippen LogP contribution in [-0.4, -0.2) is 27.0 Å². The summed E-state index contributed by atoms with van der Waals surface area (Å²) in [6, 6.07) is 11.3. The van der Waals surface area contributed by atoms with Gasteiger partial charge in [-0.05, 0) is 38.1 Å². The largest absolute Gasteiger partial charge is 0.507 e. The summed E-state index contributed by atoms with van der Waals surface area (Å²) in [5.41, 5.74) is 3.37. The first-order valence-corrected chi connectivity index (χ1v) is 8.52. The van der Waals surface area contributed by atoms with Gasteiger partial charge in [0.15, 0.2) is 0 Å². The summed E-state index contributed by atoms with van der Waals surface area (Å²) in [6.45, 7) is 4.77. The lowest BCUT2D eigenvalue weighted by Gasteiger charge is -2.15. The Balaban J connectivity index is 1.89. The number of phenolic OH excluding ortho intramolecular Hbond substituents is 1. The molecule has 2 aromatic heterocycles. The number of methoxy groups -OCH3 is 1. The highest BCUT2D eigenvalue weighted by molar-refractivity contribution is 5.59. The van der Waals surface area contributed by atoms with Gasteiger partial charge in [0.05, 0.1) is 23.6 Å². The minimum atomic E-state index is 0.161. The maximum absolute atomic E-state index is 10.0. The van der Waals surface area contributed by atoms with Crippen LogP contribution in [0.25, 0.3) is 11.4 Å². The molecule has 0 saturated heterocycles. The Hall–Kier alpha value is -2.86. The first-order valence-electron chi connectivity index (χ1n) is 8.52. The summed E-state index contributed by atoms with van der Waals surface area (Å²) in [4.78, 5) is 4.54. The summed E-state index contributed by atoms with van der Waals surface area (Å²) in [5.74, 6) is 0.757. The maximum atomic E-state index is 10.0. The van der Waals surface area contributed by atoms with Crippen LogP contribution in [0.5, 0.6) is 11.5 Å². The van der Waals surface area contributed by atoms with E-state index in [9.17, 15) is 5.11 Å². The zero-order valence-electron chi connectivity index (χ0n) is 15.2. The molecule has 3 rings (SSSR count). The number of nitrogens with zero attached hydrogens (tertiary/aromatic N) is 3. The van der Waals surface area contributed by atoms with Crippen LogP contribution >= 0.6 is 0 Å². The Morgan fingerprint density at radius 1 is 1.08 bits per heavy atom. The lowest BCUT2D eigenvalue weighted by molar-refractivity contribution is 0.176. The lowest BCUT2D eigenvalue weighted by atomic mass is 10.1. The van der Waals surface area contributed by atoms with Crippen molar-refractivity contribution in [2.45, 2.75) is 33.1 Å². The predicted octanol–water partition coefficient (Wildman–Crippen LogP) is 3.96. The highest BCUT2D eigenvalue weighted by atomic mass is 16.5. The summed E-state index contributed by atoms with van der Waals surface area (Å²) < 4.78 is 13.1. The Bertz CT molecular complexity index is 874. The van der Waals surface area contributed by atoms with E-state index in [1.807, 2.05) is 28.9 Å². The molecule has 0 atom stereocenters. The molecule has 6 heteroatoms. The topological polar surface area (TPSA) is 69.4 Å². The number of aromatic nitrogens is 3. The van der Waals surface area contributed by atoms with Gasteiger partial charge in [-0.3, -0.25) is 9.67 Å². The quantitative estimate of drug-likeness (QED) is 0.696. The van der Waals surface area contributed by atoms with Gasteiger partial charge >= 0.3 is 0 Å². The van der Waals surface area contributed by atoms with Gasteiger partial charge in [-0.1, -0.05) is 12.1 Å². The minimum Gasteiger partial charge on any atom is -0.507 e. The molecule has 0 radical (unpaired) electrons. The van der Waals surface area contributed by atoms with Crippen LogP contribution in [0, 0.1) is 0 Å². The zero-order chi connectivity index (χ0) is 18.5. The summed E-state index contributed by atoms with van der Waals surface area (Å²) >= 11 is 0. The smallest absolute Gasteiger partial charge is 0.129 e. The second-order valence-corrected chi connectivity index (χ2v) is 6.24. The molecular weight excluding hydrogens is 330 g/mol. The number of ether oxygens (including phenoxy) is 2. The number of rotatable bonds is 7. The molecule has 26 heavy (non-hydrogen) atoms. The fourth-order valence-corrected chi connectivity index (χ4v) is 2.83. The Labute approximate surface area is 153 Å². The Kier molecular flexibility index (Phi) is 5.53. The van der Waals surface area contributed by atoms with E-state index in [4.69, 9.17) is 9.47 Å². The molecule has 0 saturated carbocycles. The third-order valence-electron chi connectivity index (χ3n) is 4.07. The average molecular weight is 353 g/mol. The molecule has 0 unspecified atom stereocenters. The number of benzene rings is 1. The van der Waals surface area contributed by atoms with Gasteiger partial charge < -0.3 is 14.6 Å². The first kappa shape index (κ1) is 17.9. The van der Waals surface area contributed by atoms with Gasteiger partial charge in [-0.15, -0.1) is 0 Å². The fourth-order valence-electron chi connectivity index (χ4n) is 2.83. The number of hydrogen-bond acceptors (Lipinski definition) is 5. The van der Waals surface area contributed by atoms with Crippen molar-refractivity contribution in [1.29, 1.82) is 0 Å². The Morgan fingerprint density at radius 2 is 1.92 bits per heavy atom. The molecule has 2 heterocycles. The first-order chi connectivity index (χ1) is 12.6. The van der Waals surface area contributed by atoms with Crippen LogP contribution in [0.1, 0.15) is 31.0 Å². The van der Waals surface area contributed by atoms with Crippen molar-refractivity contribution in [2.24, 2.45) is 0 Å². The van der Waals surface area contributed by atoms with E-state index < -0.39 is 0 Å². The third kappa shape index (κ3) is 3.70. The number of hydrogen-bond donors (Lipinski definition) is 1. The molecule has 1 N–H and O–H groups in total. The number of aromatic hydroxyl groups is 1. The molecule has 0 bridgehead atoms. The van der Waals surface area contributed by atoms with E-state index >= 15 is 0 Å². The van der Waals surface area contributed by atoms with Gasteiger partial charge in [0.2, 0.25) is 0 Å². The molecule has 0 amide bonds. The SMILES string of the molecule is COCc1c(O)cccc1OCc1cccnc1-c1ccnn1C(C)C. The average Bonchev–Trinajstić information content (AvgIpc) is 3.12. The van der Waals surface area contributed by atoms with E-state index in [1.165, 1.54) is 0 Å². The van der Waals surface area contributed by atoms with Crippen molar-refractivity contribution in [1.82, 2.24) is 14.8 Å². The molecular formula is C20H23N3O3. The van der Waals surface area contributed by atoms with Crippen LogP contribution in [0.3, 0.4) is 0 Å². The van der Waals surface area contributed by atoms with E-state index in [2.05, 4.69) is 23.9 Å². The molecule has 6 nitrogen and oxygen atoms in total. The van der Waals surface area contributed by atoms with Crippen molar-refractivity contribution in [3.63, 3.8) is 0 Å². The molecule has 0 aliphatic heterocycles. The molecule has 0 spiro atoms. The van der Waals surface area contributed by atoms with Crippen LogP contribution in [0.4, 0.5) is 0 Å². The monoisotopic (exact) mass is 353 g/mol. The van der Waals surface area contributed by atoms with E-state index in [1.54, 1.807) is 31.6 Å².